The molecule has 2 aromatic carbocycles. The van der Waals surface area contributed by atoms with E-state index in [0.29, 0.717) is 5.56 Å². The number of amides is 1. The Morgan fingerprint density at radius 1 is 0.958 bits per heavy atom. The number of aryl methyl sites for hydroxylation is 1. The van der Waals surface area contributed by atoms with Gasteiger partial charge in [-0.15, -0.1) is 0 Å². The van der Waals surface area contributed by atoms with Crippen molar-refractivity contribution in [3.8, 4) is 0 Å². The summed E-state index contributed by atoms with van der Waals surface area (Å²) in [6.07, 6.45) is 4.25. The Labute approximate surface area is 142 Å². The molecule has 0 saturated carbocycles. The highest BCUT2D eigenvalue weighted by atomic mass is 16.1. The van der Waals surface area contributed by atoms with E-state index in [1.807, 2.05) is 61.5 Å². The first-order valence-corrected chi connectivity index (χ1v) is 8.04. The second-order valence-corrected chi connectivity index (χ2v) is 5.81. The van der Waals surface area contributed by atoms with Crippen LogP contribution in [0.15, 0.2) is 79.1 Å². The SMILES string of the molecule is Cc1ccccc1C(=O)NC(Cc1ccccc1)c1ccncc1. The van der Waals surface area contributed by atoms with Gasteiger partial charge in [0, 0.05) is 18.0 Å². The van der Waals surface area contributed by atoms with Gasteiger partial charge in [-0.2, -0.15) is 0 Å². The van der Waals surface area contributed by atoms with Crippen molar-refractivity contribution in [2.45, 2.75) is 19.4 Å². The van der Waals surface area contributed by atoms with Crippen LogP contribution >= 0.6 is 0 Å². The van der Waals surface area contributed by atoms with E-state index in [1.54, 1.807) is 12.4 Å². The lowest BCUT2D eigenvalue weighted by Crippen LogP contribution is -2.30. The molecule has 120 valence electrons. The average Bonchev–Trinajstić information content (AvgIpc) is 2.63. The number of carbonyl (C=O) groups is 1. The molecule has 0 aliphatic carbocycles. The van der Waals surface area contributed by atoms with Crippen LogP contribution < -0.4 is 5.32 Å². The third-order valence-corrected chi connectivity index (χ3v) is 4.09. The molecule has 0 bridgehead atoms. The van der Waals surface area contributed by atoms with Gasteiger partial charge in [-0.1, -0.05) is 48.5 Å². The van der Waals surface area contributed by atoms with Gasteiger partial charge in [-0.3, -0.25) is 9.78 Å². The standard InChI is InChI=1S/C21H20N2O/c1-16-7-5-6-10-19(16)21(24)23-20(18-11-13-22-14-12-18)15-17-8-3-2-4-9-17/h2-14,20H,15H2,1H3,(H,23,24). The van der Waals surface area contributed by atoms with E-state index in [2.05, 4.69) is 22.4 Å². The number of rotatable bonds is 5. The van der Waals surface area contributed by atoms with Gasteiger partial charge in [0.15, 0.2) is 0 Å². The number of hydrogen-bond donors (Lipinski definition) is 1. The molecule has 0 spiro atoms. The summed E-state index contributed by atoms with van der Waals surface area (Å²) >= 11 is 0. The molecule has 0 radical (unpaired) electrons. The minimum atomic E-state index is -0.0949. The zero-order chi connectivity index (χ0) is 16.8. The summed E-state index contributed by atoms with van der Waals surface area (Å²) in [5.41, 5.74) is 3.92. The average molecular weight is 316 g/mol. The topological polar surface area (TPSA) is 42.0 Å². The van der Waals surface area contributed by atoms with Gasteiger partial charge in [0.05, 0.1) is 6.04 Å². The fourth-order valence-corrected chi connectivity index (χ4v) is 2.76. The second-order valence-electron chi connectivity index (χ2n) is 5.81. The zero-order valence-electron chi connectivity index (χ0n) is 13.6. The first-order chi connectivity index (χ1) is 11.7. The van der Waals surface area contributed by atoms with E-state index in [9.17, 15) is 4.79 Å². The van der Waals surface area contributed by atoms with E-state index in [0.717, 1.165) is 17.5 Å². The van der Waals surface area contributed by atoms with Gasteiger partial charge >= 0.3 is 0 Å². The van der Waals surface area contributed by atoms with Crippen LogP contribution in [0.2, 0.25) is 0 Å². The number of hydrogen-bond acceptors (Lipinski definition) is 2. The van der Waals surface area contributed by atoms with Crippen LogP contribution in [0.5, 0.6) is 0 Å². The number of pyridine rings is 1. The maximum Gasteiger partial charge on any atom is 0.252 e. The molecule has 3 nitrogen and oxygen atoms in total. The lowest BCUT2D eigenvalue weighted by Gasteiger charge is -2.20. The molecule has 1 N–H and O–H groups in total. The molecular weight excluding hydrogens is 296 g/mol. The van der Waals surface area contributed by atoms with Gasteiger partial charge < -0.3 is 5.32 Å². The monoisotopic (exact) mass is 316 g/mol. The molecule has 0 saturated heterocycles. The van der Waals surface area contributed by atoms with Crippen molar-refractivity contribution in [3.63, 3.8) is 0 Å². The predicted molar refractivity (Wildman–Crippen MR) is 95.8 cm³/mol. The van der Waals surface area contributed by atoms with Crippen LogP contribution in [0.25, 0.3) is 0 Å². The predicted octanol–water partition coefficient (Wildman–Crippen LogP) is 4.10. The van der Waals surface area contributed by atoms with E-state index in [4.69, 9.17) is 0 Å². The Kier molecular flexibility index (Phi) is 5.02. The molecule has 1 aromatic heterocycles. The molecule has 0 fully saturated rings. The number of benzene rings is 2. The summed E-state index contributed by atoms with van der Waals surface area (Å²) in [6.45, 7) is 1.95. The largest absolute Gasteiger partial charge is 0.345 e. The Hall–Kier alpha value is -2.94. The van der Waals surface area contributed by atoms with Crippen molar-refractivity contribution in [3.05, 3.63) is 101 Å². The quantitative estimate of drug-likeness (QED) is 0.770. The van der Waals surface area contributed by atoms with Crippen LogP contribution in [-0.4, -0.2) is 10.9 Å². The first-order valence-electron chi connectivity index (χ1n) is 8.04. The first kappa shape index (κ1) is 15.9. The van der Waals surface area contributed by atoms with Gasteiger partial charge in [0.1, 0.15) is 0 Å². The maximum atomic E-state index is 12.7. The molecule has 1 amide bonds. The molecule has 3 rings (SSSR count). The van der Waals surface area contributed by atoms with Gasteiger partial charge in [0.2, 0.25) is 0 Å². The smallest absolute Gasteiger partial charge is 0.252 e. The molecular formula is C21H20N2O. The highest BCUT2D eigenvalue weighted by molar-refractivity contribution is 5.95. The Morgan fingerprint density at radius 3 is 2.33 bits per heavy atom. The van der Waals surface area contributed by atoms with Crippen LogP contribution in [0.4, 0.5) is 0 Å². The highest BCUT2D eigenvalue weighted by Crippen LogP contribution is 2.19. The van der Waals surface area contributed by atoms with Gasteiger partial charge in [-0.25, -0.2) is 0 Å². The van der Waals surface area contributed by atoms with Crippen LogP contribution in [0.3, 0.4) is 0 Å². The molecule has 24 heavy (non-hydrogen) atoms. The van der Waals surface area contributed by atoms with Crippen molar-refractivity contribution in [1.82, 2.24) is 10.3 Å². The number of nitrogens with one attached hydrogen (secondary N) is 1. The van der Waals surface area contributed by atoms with Crippen LogP contribution in [0, 0.1) is 6.92 Å². The van der Waals surface area contributed by atoms with Gasteiger partial charge in [0.25, 0.3) is 5.91 Å². The molecule has 0 aliphatic heterocycles. The summed E-state index contributed by atoms with van der Waals surface area (Å²) < 4.78 is 0. The van der Waals surface area contributed by atoms with Crippen LogP contribution in [-0.2, 0) is 6.42 Å². The third kappa shape index (κ3) is 3.87. The molecule has 3 aromatic rings. The minimum Gasteiger partial charge on any atom is -0.345 e. The molecule has 1 atom stereocenters. The van der Waals surface area contributed by atoms with Crippen molar-refractivity contribution < 1.29 is 4.79 Å². The molecule has 0 aliphatic rings. The normalized spacial score (nSPS) is 11.7. The summed E-state index contributed by atoms with van der Waals surface area (Å²) in [4.78, 5) is 16.8. The third-order valence-electron chi connectivity index (χ3n) is 4.09. The Bertz CT molecular complexity index is 800. The lowest BCUT2D eigenvalue weighted by molar-refractivity contribution is 0.0936. The highest BCUT2D eigenvalue weighted by Gasteiger charge is 2.17. The molecule has 1 unspecified atom stereocenters. The summed E-state index contributed by atoms with van der Waals surface area (Å²) in [5, 5.41) is 3.17. The minimum absolute atomic E-state index is 0.0501. The van der Waals surface area contributed by atoms with E-state index in [1.165, 1.54) is 5.56 Å². The number of nitrogens with zero attached hydrogens (tertiary/aromatic N) is 1. The summed E-state index contributed by atoms with van der Waals surface area (Å²) in [6, 6.07) is 21.6. The lowest BCUT2D eigenvalue weighted by atomic mass is 9.99. The fourth-order valence-electron chi connectivity index (χ4n) is 2.76. The number of carbonyl (C=O) groups excluding carboxylic acids is 1. The molecule has 3 heteroatoms. The van der Waals surface area contributed by atoms with Crippen molar-refractivity contribution in [2.24, 2.45) is 0 Å². The van der Waals surface area contributed by atoms with Crippen LogP contribution in [0.1, 0.15) is 33.1 Å². The summed E-state index contributed by atoms with van der Waals surface area (Å²) in [7, 11) is 0. The zero-order valence-corrected chi connectivity index (χ0v) is 13.6. The van der Waals surface area contributed by atoms with Crippen molar-refractivity contribution in [1.29, 1.82) is 0 Å². The maximum absolute atomic E-state index is 12.7. The Morgan fingerprint density at radius 2 is 1.62 bits per heavy atom. The summed E-state index contributed by atoms with van der Waals surface area (Å²) in [5.74, 6) is -0.0501. The fraction of sp³-hybridized carbons (Fsp3) is 0.143. The Balaban J connectivity index is 1.85. The van der Waals surface area contributed by atoms with E-state index < -0.39 is 0 Å². The second kappa shape index (κ2) is 7.55. The van der Waals surface area contributed by atoms with E-state index >= 15 is 0 Å². The van der Waals surface area contributed by atoms with Crippen molar-refractivity contribution >= 4 is 5.91 Å². The van der Waals surface area contributed by atoms with Crippen molar-refractivity contribution in [2.75, 3.05) is 0 Å². The van der Waals surface area contributed by atoms with Gasteiger partial charge in [-0.05, 0) is 48.2 Å². The van der Waals surface area contributed by atoms with E-state index in [-0.39, 0.29) is 11.9 Å². The number of aromatic nitrogens is 1. The molecule has 1 heterocycles.